The van der Waals surface area contributed by atoms with Gasteiger partial charge in [0.25, 0.3) is 0 Å². The van der Waals surface area contributed by atoms with Gasteiger partial charge < -0.3 is 10.4 Å². The van der Waals surface area contributed by atoms with Gasteiger partial charge in [-0.3, -0.25) is 0 Å². The molecule has 0 amide bonds. The zero-order chi connectivity index (χ0) is 13.9. The Balaban J connectivity index is 2.39. The molecular formula is C13H11F3N2O. The van der Waals surface area contributed by atoms with Gasteiger partial charge in [-0.2, -0.15) is 13.2 Å². The van der Waals surface area contributed by atoms with Crippen LogP contribution in [0.5, 0.6) is 0 Å². The van der Waals surface area contributed by atoms with Crippen molar-refractivity contribution >= 4 is 11.5 Å². The Morgan fingerprint density at radius 3 is 2.53 bits per heavy atom. The number of hydrogen-bond acceptors (Lipinski definition) is 3. The van der Waals surface area contributed by atoms with Crippen LogP contribution >= 0.6 is 0 Å². The fourth-order valence-electron chi connectivity index (χ4n) is 1.65. The van der Waals surface area contributed by atoms with E-state index in [1.807, 2.05) is 0 Å². The largest absolute Gasteiger partial charge is 0.418 e. The van der Waals surface area contributed by atoms with Crippen molar-refractivity contribution in [3.63, 3.8) is 0 Å². The SMILES string of the molecule is OCc1cccnc1Nc1ccccc1C(F)(F)F. The fourth-order valence-corrected chi connectivity index (χ4v) is 1.65. The molecule has 0 saturated heterocycles. The predicted molar refractivity (Wildman–Crippen MR) is 64.9 cm³/mol. The molecule has 3 nitrogen and oxygen atoms in total. The van der Waals surface area contributed by atoms with Gasteiger partial charge in [0, 0.05) is 11.8 Å². The summed E-state index contributed by atoms with van der Waals surface area (Å²) in [6, 6.07) is 8.32. The molecule has 0 atom stereocenters. The number of aliphatic hydroxyl groups excluding tert-OH is 1. The molecule has 1 aromatic heterocycles. The second-order valence-corrected chi connectivity index (χ2v) is 3.84. The van der Waals surface area contributed by atoms with Gasteiger partial charge in [0.05, 0.1) is 17.9 Å². The number of anilines is 2. The van der Waals surface area contributed by atoms with Gasteiger partial charge in [0.1, 0.15) is 5.82 Å². The Morgan fingerprint density at radius 2 is 1.84 bits per heavy atom. The summed E-state index contributed by atoms with van der Waals surface area (Å²) in [6.07, 6.45) is -3.00. The summed E-state index contributed by atoms with van der Waals surface area (Å²) in [5.74, 6) is 0.210. The molecule has 0 radical (unpaired) electrons. The fraction of sp³-hybridized carbons (Fsp3) is 0.154. The van der Waals surface area contributed by atoms with Crippen LogP contribution in [0, 0.1) is 0 Å². The van der Waals surface area contributed by atoms with E-state index in [1.54, 1.807) is 12.1 Å². The average Bonchev–Trinajstić information content (AvgIpc) is 2.39. The molecule has 2 aromatic rings. The lowest BCUT2D eigenvalue weighted by molar-refractivity contribution is -0.136. The summed E-state index contributed by atoms with van der Waals surface area (Å²) < 4.78 is 38.5. The van der Waals surface area contributed by atoms with Gasteiger partial charge in [-0.05, 0) is 18.2 Å². The summed E-state index contributed by atoms with van der Waals surface area (Å²) in [5.41, 5.74) is -0.438. The van der Waals surface area contributed by atoms with E-state index in [0.717, 1.165) is 6.07 Å². The number of nitrogens with zero attached hydrogens (tertiary/aromatic N) is 1. The molecule has 0 saturated carbocycles. The van der Waals surface area contributed by atoms with E-state index in [9.17, 15) is 13.2 Å². The van der Waals surface area contributed by atoms with Crippen LogP contribution in [0.25, 0.3) is 0 Å². The minimum atomic E-state index is -4.45. The van der Waals surface area contributed by atoms with Gasteiger partial charge in [-0.1, -0.05) is 18.2 Å². The highest BCUT2D eigenvalue weighted by Gasteiger charge is 2.33. The standard InChI is InChI=1S/C13H11F3N2O/c14-13(15,16)10-5-1-2-6-11(10)18-12-9(8-19)4-3-7-17-12/h1-7,19H,8H2,(H,17,18). The first-order valence-electron chi connectivity index (χ1n) is 5.50. The number of hydrogen-bond donors (Lipinski definition) is 2. The molecule has 6 heteroatoms. The molecule has 0 spiro atoms. The molecule has 0 fully saturated rings. The average molecular weight is 268 g/mol. The maximum absolute atomic E-state index is 12.8. The number of halogens is 3. The third-order valence-electron chi connectivity index (χ3n) is 2.55. The summed E-state index contributed by atoms with van der Waals surface area (Å²) in [5, 5.41) is 11.7. The van der Waals surface area contributed by atoms with E-state index in [0.29, 0.717) is 5.56 Å². The molecule has 100 valence electrons. The number of nitrogens with one attached hydrogen (secondary N) is 1. The van der Waals surface area contributed by atoms with Crippen molar-refractivity contribution < 1.29 is 18.3 Å². The monoisotopic (exact) mass is 268 g/mol. The van der Waals surface area contributed by atoms with Crippen LogP contribution in [0.1, 0.15) is 11.1 Å². The van der Waals surface area contributed by atoms with E-state index in [-0.39, 0.29) is 18.1 Å². The van der Waals surface area contributed by atoms with E-state index < -0.39 is 11.7 Å². The minimum Gasteiger partial charge on any atom is -0.392 e. The van der Waals surface area contributed by atoms with Crippen LogP contribution in [0.3, 0.4) is 0 Å². The van der Waals surface area contributed by atoms with E-state index >= 15 is 0 Å². The molecule has 1 heterocycles. The number of alkyl halides is 3. The second kappa shape index (κ2) is 5.27. The van der Waals surface area contributed by atoms with Crippen LogP contribution < -0.4 is 5.32 Å². The van der Waals surface area contributed by atoms with Crippen LogP contribution in [0.15, 0.2) is 42.6 Å². The zero-order valence-corrected chi connectivity index (χ0v) is 9.78. The Labute approximate surface area is 107 Å². The Morgan fingerprint density at radius 1 is 1.11 bits per heavy atom. The summed E-state index contributed by atoms with van der Waals surface area (Å²) >= 11 is 0. The first kappa shape index (κ1) is 13.4. The number of rotatable bonds is 3. The van der Waals surface area contributed by atoms with Crippen molar-refractivity contribution in [1.82, 2.24) is 4.98 Å². The molecular weight excluding hydrogens is 257 g/mol. The lowest BCUT2D eigenvalue weighted by Gasteiger charge is -2.15. The predicted octanol–water partition coefficient (Wildman–Crippen LogP) is 3.34. The number of para-hydroxylation sites is 1. The van der Waals surface area contributed by atoms with Crippen molar-refractivity contribution in [3.05, 3.63) is 53.7 Å². The van der Waals surface area contributed by atoms with Crippen LogP contribution in [0.2, 0.25) is 0 Å². The second-order valence-electron chi connectivity index (χ2n) is 3.84. The number of aromatic nitrogens is 1. The molecule has 2 rings (SSSR count). The van der Waals surface area contributed by atoms with Crippen molar-refractivity contribution in [2.24, 2.45) is 0 Å². The van der Waals surface area contributed by atoms with E-state index in [2.05, 4.69) is 10.3 Å². The summed E-state index contributed by atoms with van der Waals surface area (Å²) in [7, 11) is 0. The Kier molecular flexibility index (Phi) is 3.71. The third kappa shape index (κ3) is 3.03. The lowest BCUT2D eigenvalue weighted by atomic mass is 10.1. The van der Waals surface area contributed by atoms with Crippen LogP contribution in [-0.2, 0) is 12.8 Å². The van der Waals surface area contributed by atoms with Gasteiger partial charge in [-0.15, -0.1) is 0 Å². The first-order valence-corrected chi connectivity index (χ1v) is 5.50. The van der Waals surface area contributed by atoms with E-state index in [4.69, 9.17) is 5.11 Å². The molecule has 0 aliphatic carbocycles. The van der Waals surface area contributed by atoms with Crippen LogP contribution in [0.4, 0.5) is 24.7 Å². The zero-order valence-electron chi connectivity index (χ0n) is 9.78. The Hall–Kier alpha value is -2.08. The van der Waals surface area contributed by atoms with Gasteiger partial charge in [-0.25, -0.2) is 4.98 Å². The molecule has 0 bridgehead atoms. The number of aliphatic hydroxyl groups is 1. The maximum atomic E-state index is 12.8. The highest BCUT2D eigenvalue weighted by Crippen LogP contribution is 2.35. The van der Waals surface area contributed by atoms with Crippen molar-refractivity contribution in [2.75, 3.05) is 5.32 Å². The normalized spacial score (nSPS) is 11.4. The minimum absolute atomic E-state index is 0.0941. The molecule has 2 N–H and O–H groups in total. The topological polar surface area (TPSA) is 45.2 Å². The van der Waals surface area contributed by atoms with E-state index in [1.165, 1.54) is 24.4 Å². The van der Waals surface area contributed by atoms with Gasteiger partial charge in [0.2, 0.25) is 0 Å². The lowest BCUT2D eigenvalue weighted by Crippen LogP contribution is -2.09. The number of pyridine rings is 1. The molecule has 0 unspecified atom stereocenters. The first-order chi connectivity index (χ1) is 9.02. The van der Waals surface area contributed by atoms with Gasteiger partial charge in [0.15, 0.2) is 0 Å². The van der Waals surface area contributed by atoms with Crippen molar-refractivity contribution in [3.8, 4) is 0 Å². The molecule has 1 aromatic carbocycles. The summed E-state index contributed by atoms with van der Waals surface area (Å²) in [4.78, 5) is 3.93. The van der Waals surface area contributed by atoms with Crippen LogP contribution in [-0.4, -0.2) is 10.1 Å². The quantitative estimate of drug-likeness (QED) is 0.897. The van der Waals surface area contributed by atoms with Gasteiger partial charge >= 0.3 is 6.18 Å². The smallest absolute Gasteiger partial charge is 0.392 e. The summed E-state index contributed by atoms with van der Waals surface area (Å²) in [6.45, 7) is -0.301. The number of benzene rings is 1. The van der Waals surface area contributed by atoms with Crippen molar-refractivity contribution in [2.45, 2.75) is 12.8 Å². The highest BCUT2D eigenvalue weighted by molar-refractivity contribution is 5.63. The molecule has 0 aliphatic heterocycles. The molecule has 0 aliphatic rings. The molecule has 19 heavy (non-hydrogen) atoms. The maximum Gasteiger partial charge on any atom is 0.418 e. The third-order valence-corrected chi connectivity index (χ3v) is 2.55. The highest BCUT2D eigenvalue weighted by atomic mass is 19.4. The van der Waals surface area contributed by atoms with Crippen molar-refractivity contribution in [1.29, 1.82) is 0 Å². The Bertz CT molecular complexity index is 570.